The van der Waals surface area contributed by atoms with Crippen LogP contribution in [-0.4, -0.2) is 28.2 Å². The molecule has 0 aliphatic carbocycles. The molecule has 0 spiro atoms. The van der Waals surface area contributed by atoms with Gasteiger partial charge in [-0.25, -0.2) is 14.8 Å². The van der Waals surface area contributed by atoms with E-state index in [0.717, 1.165) is 16.8 Å². The average Bonchev–Trinajstić information content (AvgIpc) is 2.67. The highest BCUT2D eigenvalue weighted by molar-refractivity contribution is 5.95. The van der Waals surface area contributed by atoms with Gasteiger partial charge in [0.25, 0.3) is 0 Å². The molecule has 0 unspecified atom stereocenters. The van der Waals surface area contributed by atoms with Gasteiger partial charge in [0.1, 0.15) is 17.2 Å². The highest BCUT2D eigenvalue weighted by atomic mass is 16.5. The molecule has 1 aromatic heterocycles. The molecule has 0 bridgehead atoms. The highest BCUT2D eigenvalue weighted by Gasteiger charge is 2.17. The number of phenols is 1. The number of nitrogens with one attached hydrogen (secondary N) is 1. The number of aryl methyl sites for hydroxylation is 3. The Bertz CT molecular complexity index is 1010. The van der Waals surface area contributed by atoms with Crippen LogP contribution in [0.5, 0.6) is 5.75 Å². The van der Waals surface area contributed by atoms with E-state index in [-0.39, 0.29) is 11.3 Å². The van der Waals surface area contributed by atoms with Crippen LogP contribution >= 0.6 is 0 Å². The SMILES string of the molecule is COC(=O)c1cccc(Nc2nc(C)nc(C)c2Cc2ccc(C)cc2)c1O. The van der Waals surface area contributed by atoms with Gasteiger partial charge in [-0.2, -0.15) is 0 Å². The van der Waals surface area contributed by atoms with Gasteiger partial charge in [0.15, 0.2) is 5.75 Å². The Labute approximate surface area is 164 Å². The standard InChI is InChI=1S/C22H23N3O3/c1-13-8-10-16(11-9-13)12-18-14(2)23-15(3)24-21(18)25-19-7-5-6-17(20(19)26)22(27)28-4/h5-11,26H,12H2,1-4H3,(H,23,24,25). The number of ether oxygens (including phenoxy) is 1. The first-order valence-electron chi connectivity index (χ1n) is 8.96. The number of para-hydroxylation sites is 1. The van der Waals surface area contributed by atoms with E-state index in [0.29, 0.717) is 23.8 Å². The fraction of sp³-hybridized carbons (Fsp3) is 0.227. The molecule has 0 radical (unpaired) electrons. The maximum atomic E-state index is 11.8. The molecule has 3 aromatic rings. The first-order chi connectivity index (χ1) is 13.4. The van der Waals surface area contributed by atoms with Gasteiger partial charge in [-0.3, -0.25) is 0 Å². The Kier molecular flexibility index (Phi) is 5.59. The summed E-state index contributed by atoms with van der Waals surface area (Å²) < 4.78 is 4.72. The van der Waals surface area contributed by atoms with Crippen LogP contribution in [-0.2, 0) is 11.2 Å². The number of carbonyl (C=O) groups excluding carboxylic acids is 1. The van der Waals surface area contributed by atoms with Gasteiger partial charge in [0.05, 0.1) is 12.8 Å². The van der Waals surface area contributed by atoms with Crippen LogP contribution in [0.4, 0.5) is 11.5 Å². The van der Waals surface area contributed by atoms with E-state index < -0.39 is 5.97 Å². The van der Waals surface area contributed by atoms with Crippen LogP contribution in [0, 0.1) is 20.8 Å². The molecule has 0 aliphatic heterocycles. The number of carbonyl (C=O) groups is 1. The van der Waals surface area contributed by atoms with Crippen LogP contribution in [0.3, 0.4) is 0 Å². The number of aromatic nitrogens is 2. The number of benzene rings is 2. The normalized spacial score (nSPS) is 10.6. The lowest BCUT2D eigenvalue weighted by Crippen LogP contribution is -2.08. The van der Waals surface area contributed by atoms with Crippen molar-refractivity contribution in [3.8, 4) is 5.75 Å². The van der Waals surface area contributed by atoms with E-state index in [2.05, 4.69) is 39.6 Å². The summed E-state index contributed by atoms with van der Waals surface area (Å²) in [5.74, 6) is 0.444. The van der Waals surface area contributed by atoms with Crippen molar-refractivity contribution >= 4 is 17.5 Å². The summed E-state index contributed by atoms with van der Waals surface area (Å²) >= 11 is 0. The molecule has 0 amide bonds. The van der Waals surface area contributed by atoms with Crippen LogP contribution in [0.15, 0.2) is 42.5 Å². The summed E-state index contributed by atoms with van der Waals surface area (Å²) in [6.45, 7) is 5.81. The van der Waals surface area contributed by atoms with Gasteiger partial charge in [-0.1, -0.05) is 35.9 Å². The quantitative estimate of drug-likeness (QED) is 0.511. The van der Waals surface area contributed by atoms with Crippen molar-refractivity contribution < 1.29 is 14.6 Å². The molecule has 0 aliphatic rings. The Morgan fingerprint density at radius 1 is 1.07 bits per heavy atom. The summed E-state index contributed by atoms with van der Waals surface area (Å²) in [5.41, 5.74) is 4.59. The Hall–Kier alpha value is -3.41. The summed E-state index contributed by atoms with van der Waals surface area (Å²) in [5, 5.41) is 13.7. The van der Waals surface area contributed by atoms with Gasteiger partial charge in [0.2, 0.25) is 0 Å². The molecule has 0 saturated heterocycles. The van der Waals surface area contributed by atoms with E-state index >= 15 is 0 Å². The lowest BCUT2D eigenvalue weighted by Gasteiger charge is -2.16. The number of nitrogens with zero attached hydrogens (tertiary/aromatic N) is 2. The summed E-state index contributed by atoms with van der Waals surface area (Å²) in [7, 11) is 1.28. The second-order valence-electron chi connectivity index (χ2n) is 6.66. The van der Waals surface area contributed by atoms with E-state index in [1.807, 2.05) is 20.8 Å². The van der Waals surface area contributed by atoms with Crippen molar-refractivity contribution in [2.75, 3.05) is 12.4 Å². The minimum Gasteiger partial charge on any atom is -0.505 e. The number of hydrogen-bond donors (Lipinski definition) is 2. The molecule has 0 saturated carbocycles. The maximum absolute atomic E-state index is 11.8. The van der Waals surface area contributed by atoms with Crippen molar-refractivity contribution in [3.63, 3.8) is 0 Å². The van der Waals surface area contributed by atoms with Crippen LogP contribution in [0.1, 0.15) is 38.6 Å². The van der Waals surface area contributed by atoms with Gasteiger partial charge in [-0.15, -0.1) is 0 Å². The molecule has 6 nitrogen and oxygen atoms in total. The average molecular weight is 377 g/mol. The van der Waals surface area contributed by atoms with E-state index in [9.17, 15) is 9.90 Å². The third-order valence-corrected chi connectivity index (χ3v) is 4.52. The minimum atomic E-state index is -0.601. The number of rotatable bonds is 5. The topological polar surface area (TPSA) is 84.3 Å². The minimum absolute atomic E-state index is 0.0927. The molecular weight excluding hydrogens is 354 g/mol. The maximum Gasteiger partial charge on any atom is 0.341 e. The number of phenolic OH excluding ortho intramolecular Hbond substituents is 1. The van der Waals surface area contributed by atoms with Crippen molar-refractivity contribution in [2.24, 2.45) is 0 Å². The van der Waals surface area contributed by atoms with E-state index in [4.69, 9.17) is 4.74 Å². The molecule has 3 rings (SSSR count). The number of aromatic hydroxyl groups is 1. The zero-order valence-electron chi connectivity index (χ0n) is 16.4. The van der Waals surface area contributed by atoms with Crippen molar-refractivity contribution in [2.45, 2.75) is 27.2 Å². The lowest BCUT2D eigenvalue weighted by molar-refractivity contribution is 0.0597. The number of esters is 1. The van der Waals surface area contributed by atoms with Gasteiger partial charge >= 0.3 is 5.97 Å². The van der Waals surface area contributed by atoms with E-state index in [1.165, 1.54) is 18.7 Å². The van der Waals surface area contributed by atoms with Crippen molar-refractivity contribution in [3.05, 3.63) is 76.2 Å². The third-order valence-electron chi connectivity index (χ3n) is 4.52. The molecule has 6 heteroatoms. The molecule has 2 aromatic carbocycles. The number of anilines is 2. The fourth-order valence-corrected chi connectivity index (χ4v) is 3.01. The Morgan fingerprint density at radius 3 is 2.46 bits per heavy atom. The molecule has 144 valence electrons. The van der Waals surface area contributed by atoms with Crippen LogP contribution < -0.4 is 5.32 Å². The third kappa shape index (κ3) is 4.11. The molecule has 0 fully saturated rings. The summed E-state index contributed by atoms with van der Waals surface area (Å²) in [6.07, 6.45) is 0.645. The predicted molar refractivity (Wildman–Crippen MR) is 108 cm³/mol. The molecule has 0 atom stereocenters. The molecule has 2 N–H and O–H groups in total. The van der Waals surface area contributed by atoms with Crippen molar-refractivity contribution in [1.82, 2.24) is 9.97 Å². The van der Waals surface area contributed by atoms with Gasteiger partial charge in [-0.05, 0) is 38.5 Å². The van der Waals surface area contributed by atoms with Gasteiger partial charge in [0, 0.05) is 17.7 Å². The first-order valence-corrected chi connectivity index (χ1v) is 8.96. The Morgan fingerprint density at radius 2 is 1.79 bits per heavy atom. The van der Waals surface area contributed by atoms with Crippen molar-refractivity contribution in [1.29, 1.82) is 0 Å². The lowest BCUT2D eigenvalue weighted by atomic mass is 10.0. The zero-order chi connectivity index (χ0) is 20.3. The van der Waals surface area contributed by atoms with Crippen LogP contribution in [0.25, 0.3) is 0 Å². The highest BCUT2D eigenvalue weighted by Crippen LogP contribution is 2.32. The second kappa shape index (κ2) is 8.08. The predicted octanol–water partition coefficient (Wildman–Crippen LogP) is 4.23. The Balaban J connectivity index is 2.00. The van der Waals surface area contributed by atoms with Crippen LogP contribution in [0.2, 0.25) is 0 Å². The second-order valence-corrected chi connectivity index (χ2v) is 6.66. The van der Waals surface area contributed by atoms with E-state index in [1.54, 1.807) is 12.1 Å². The first kappa shape index (κ1) is 19.4. The largest absolute Gasteiger partial charge is 0.505 e. The fourth-order valence-electron chi connectivity index (χ4n) is 3.01. The molecule has 28 heavy (non-hydrogen) atoms. The molecular formula is C22H23N3O3. The van der Waals surface area contributed by atoms with Gasteiger partial charge < -0.3 is 15.2 Å². The summed E-state index contributed by atoms with van der Waals surface area (Å²) in [4.78, 5) is 20.9. The smallest absolute Gasteiger partial charge is 0.341 e. The zero-order valence-corrected chi connectivity index (χ0v) is 16.4. The number of hydrogen-bond acceptors (Lipinski definition) is 6. The monoisotopic (exact) mass is 377 g/mol. The number of methoxy groups -OCH3 is 1. The summed E-state index contributed by atoms with van der Waals surface area (Å²) in [6, 6.07) is 13.2. The molecule has 1 heterocycles.